The summed E-state index contributed by atoms with van der Waals surface area (Å²) >= 11 is 0. The number of imidazole rings is 1. The Morgan fingerprint density at radius 3 is 2.80 bits per heavy atom. The van der Waals surface area contributed by atoms with E-state index in [1.807, 2.05) is 6.20 Å². The molecule has 3 atom stereocenters. The monoisotopic (exact) mass is 473 g/mol. The van der Waals surface area contributed by atoms with Crippen molar-refractivity contribution in [1.29, 1.82) is 0 Å². The molecule has 3 aromatic heterocycles. The van der Waals surface area contributed by atoms with Gasteiger partial charge in [0.25, 0.3) is 0 Å². The van der Waals surface area contributed by atoms with Gasteiger partial charge in [-0.05, 0) is 50.1 Å². The SMILES string of the molecule is CN1CCN(c2cccc3nc4c(n23)CN2CC(O)CC2N([C@H]2CCCc3cccnc32)C4)CC1. The van der Waals surface area contributed by atoms with Gasteiger partial charge in [0.1, 0.15) is 11.5 Å². The lowest BCUT2D eigenvalue weighted by atomic mass is 9.90. The molecule has 0 amide bonds. The number of hydrogen-bond donors (Lipinski definition) is 1. The van der Waals surface area contributed by atoms with Crippen molar-refractivity contribution in [2.75, 3.05) is 44.7 Å². The highest BCUT2D eigenvalue weighted by Gasteiger charge is 2.43. The fourth-order valence-electron chi connectivity index (χ4n) is 6.82. The van der Waals surface area contributed by atoms with Gasteiger partial charge in [0.05, 0.1) is 35.4 Å². The molecule has 1 N–H and O–H groups in total. The maximum Gasteiger partial charge on any atom is 0.138 e. The molecule has 6 heterocycles. The van der Waals surface area contributed by atoms with Crippen LogP contribution >= 0.6 is 0 Å². The molecule has 1 aliphatic carbocycles. The highest BCUT2D eigenvalue weighted by molar-refractivity contribution is 5.55. The first kappa shape index (κ1) is 21.7. The van der Waals surface area contributed by atoms with Gasteiger partial charge >= 0.3 is 0 Å². The largest absolute Gasteiger partial charge is 0.392 e. The van der Waals surface area contributed by atoms with Gasteiger partial charge in [0.2, 0.25) is 0 Å². The van der Waals surface area contributed by atoms with Gasteiger partial charge in [0, 0.05) is 58.4 Å². The smallest absolute Gasteiger partial charge is 0.138 e. The third-order valence-corrected chi connectivity index (χ3v) is 8.61. The molecule has 0 bridgehead atoms. The van der Waals surface area contributed by atoms with Crippen LogP contribution in [-0.2, 0) is 19.5 Å². The quantitative estimate of drug-likeness (QED) is 0.613. The zero-order chi connectivity index (χ0) is 23.5. The van der Waals surface area contributed by atoms with Gasteiger partial charge in [0.15, 0.2) is 0 Å². The number of hydrogen-bond acceptors (Lipinski definition) is 7. The summed E-state index contributed by atoms with van der Waals surface area (Å²) in [6, 6.07) is 11.1. The maximum absolute atomic E-state index is 10.7. The van der Waals surface area contributed by atoms with Crippen LogP contribution in [0.2, 0.25) is 0 Å². The molecule has 8 heteroatoms. The van der Waals surface area contributed by atoms with Crippen LogP contribution in [0, 0.1) is 0 Å². The fraction of sp³-hybridized carbons (Fsp3) is 0.556. The first-order chi connectivity index (χ1) is 17.2. The van der Waals surface area contributed by atoms with E-state index >= 15 is 0 Å². The number of aryl methyl sites for hydroxylation is 1. The van der Waals surface area contributed by atoms with Crippen molar-refractivity contribution in [3.63, 3.8) is 0 Å². The first-order valence-electron chi connectivity index (χ1n) is 13.2. The van der Waals surface area contributed by atoms with E-state index in [9.17, 15) is 5.11 Å². The van der Waals surface area contributed by atoms with E-state index in [1.54, 1.807) is 0 Å². The number of likely N-dealkylation sites (N-methyl/N-ethyl adjacent to an activating group) is 1. The highest BCUT2D eigenvalue weighted by Crippen LogP contribution is 2.41. The highest BCUT2D eigenvalue weighted by atomic mass is 16.3. The second-order valence-electron chi connectivity index (χ2n) is 10.8. The lowest BCUT2D eigenvalue weighted by Gasteiger charge is -2.40. The lowest BCUT2D eigenvalue weighted by molar-refractivity contribution is 0.0247. The van der Waals surface area contributed by atoms with Crippen LogP contribution in [0.25, 0.3) is 5.65 Å². The molecule has 7 rings (SSSR count). The van der Waals surface area contributed by atoms with Gasteiger partial charge < -0.3 is 14.9 Å². The van der Waals surface area contributed by atoms with E-state index in [1.165, 1.54) is 34.9 Å². The predicted molar refractivity (Wildman–Crippen MR) is 135 cm³/mol. The molecule has 2 fully saturated rings. The van der Waals surface area contributed by atoms with Gasteiger partial charge in [-0.2, -0.15) is 0 Å². The van der Waals surface area contributed by atoms with E-state index in [0.29, 0.717) is 6.54 Å². The molecule has 0 radical (unpaired) electrons. The number of aliphatic hydroxyl groups excluding tert-OH is 1. The van der Waals surface area contributed by atoms with E-state index < -0.39 is 0 Å². The molecule has 0 aromatic carbocycles. The fourth-order valence-corrected chi connectivity index (χ4v) is 6.82. The molecule has 0 saturated carbocycles. The van der Waals surface area contributed by atoms with Gasteiger partial charge in [-0.1, -0.05) is 12.1 Å². The number of aliphatic hydroxyl groups is 1. The molecular weight excluding hydrogens is 438 g/mol. The third kappa shape index (κ3) is 3.66. The summed E-state index contributed by atoms with van der Waals surface area (Å²) in [6.07, 6.45) is 6.06. The summed E-state index contributed by atoms with van der Waals surface area (Å²) in [6.45, 7) is 6.56. The molecule has 2 unspecified atom stereocenters. The number of nitrogens with zero attached hydrogens (tertiary/aromatic N) is 7. The second kappa shape index (κ2) is 8.55. The Bertz CT molecular complexity index is 1230. The minimum Gasteiger partial charge on any atom is -0.392 e. The summed E-state index contributed by atoms with van der Waals surface area (Å²) in [5.74, 6) is 1.25. The number of aromatic nitrogens is 3. The van der Waals surface area contributed by atoms with Crippen LogP contribution in [-0.4, -0.2) is 86.2 Å². The van der Waals surface area contributed by atoms with E-state index in [0.717, 1.165) is 64.2 Å². The molecule has 4 aliphatic rings. The van der Waals surface area contributed by atoms with Crippen LogP contribution in [0.15, 0.2) is 36.5 Å². The van der Waals surface area contributed by atoms with Crippen molar-refractivity contribution in [2.24, 2.45) is 0 Å². The van der Waals surface area contributed by atoms with Crippen LogP contribution in [0.3, 0.4) is 0 Å². The van der Waals surface area contributed by atoms with Crippen molar-refractivity contribution in [3.05, 3.63) is 59.2 Å². The van der Waals surface area contributed by atoms with Crippen LogP contribution in [0.5, 0.6) is 0 Å². The zero-order valence-corrected chi connectivity index (χ0v) is 20.6. The molecule has 3 aliphatic heterocycles. The Morgan fingerprint density at radius 2 is 1.91 bits per heavy atom. The average molecular weight is 474 g/mol. The first-order valence-corrected chi connectivity index (χ1v) is 13.2. The van der Waals surface area contributed by atoms with E-state index in [-0.39, 0.29) is 18.3 Å². The number of rotatable bonds is 2. The summed E-state index contributed by atoms with van der Waals surface area (Å²) in [7, 11) is 2.20. The van der Waals surface area contributed by atoms with Crippen molar-refractivity contribution in [1.82, 2.24) is 29.1 Å². The Kier molecular flexibility index (Phi) is 5.31. The van der Waals surface area contributed by atoms with Gasteiger partial charge in [-0.25, -0.2) is 4.98 Å². The Labute approximate surface area is 206 Å². The zero-order valence-electron chi connectivity index (χ0n) is 20.6. The molecule has 3 aromatic rings. The molecule has 8 nitrogen and oxygen atoms in total. The van der Waals surface area contributed by atoms with Crippen molar-refractivity contribution in [2.45, 2.75) is 57.1 Å². The molecule has 0 spiro atoms. The summed E-state index contributed by atoms with van der Waals surface area (Å²) in [5, 5.41) is 10.7. The van der Waals surface area contributed by atoms with Crippen LogP contribution in [0.1, 0.15) is 47.9 Å². The Morgan fingerprint density at radius 1 is 1.03 bits per heavy atom. The normalized spacial score (nSPS) is 28.1. The van der Waals surface area contributed by atoms with Crippen LogP contribution in [0.4, 0.5) is 5.82 Å². The summed E-state index contributed by atoms with van der Waals surface area (Å²) in [4.78, 5) is 20.1. The average Bonchev–Trinajstić information content (AvgIpc) is 3.38. The maximum atomic E-state index is 10.7. The minimum absolute atomic E-state index is 0.212. The van der Waals surface area contributed by atoms with Gasteiger partial charge in [-0.3, -0.25) is 19.2 Å². The van der Waals surface area contributed by atoms with Crippen molar-refractivity contribution < 1.29 is 5.11 Å². The molecule has 2 saturated heterocycles. The van der Waals surface area contributed by atoms with E-state index in [4.69, 9.17) is 9.97 Å². The van der Waals surface area contributed by atoms with Crippen LogP contribution < -0.4 is 4.90 Å². The number of pyridine rings is 2. The molecular formula is C27H35N7O. The van der Waals surface area contributed by atoms with Crippen molar-refractivity contribution in [3.8, 4) is 0 Å². The number of anilines is 1. The van der Waals surface area contributed by atoms with Crippen molar-refractivity contribution >= 4 is 11.5 Å². The van der Waals surface area contributed by atoms with Gasteiger partial charge in [-0.15, -0.1) is 0 Å². The Balaban J connectivity index is 1.32. The third-order valence-electron chi connectivity index (χ3n) is 8.61. The summed E-state index contributed by atoms with van der Waals surface area (Å²) < 4.78 is 2.40. The predicted octanol–water partition coefficient (Wildman–Crippen LogP) is 2.27. The standard InChI is InChI=1S/C27H35N7O/c1-30-11-13-31(14-12-30)25-9-3-8-24-29-21-17-33(22-7-2-5-19-6-4-10-28-27(19)22)26-15-20(35)16-32(26)18-23(21)34(24)25/h3-4,6,8-10,20,22,26,35H,2,5,7,11-18H2,1H3/t20?,22-,26?/m0/s1. The summed E-state index contributed by atoms with van der Waals surface area (Å²) in [5.41, 5.74) is 6.11. The number of piperazine rings is 1. The Hall–Kier alpha value is -2.52. The second-order valence-corrected chi connectivity index (χ2v) is 10.8. The lowest BCUT2D eigenvalue weighted by Crippen LogP contribution is -2.45. The number of fused-ring (bicyclic) bond motifs is 5. The molecule has 184 valence electrons. The van der Waals surface area contributed by atoms with E-state index in [2.05, 4.69) is 61.4 Å². The minimum atomic E-state index is -0.285. The topological polar surface area (TPSA) is 63.4 Å². The molecule has 35 heavy (non-hydrogen) atoms.